The van der Waals surface area contributed by atoms with Crippen molar-refractivity contribution in [3.63, 3.8) is 0 Å². The number of hydrogen-bond donors (Lipinski definition) is 1. The molecule has 1 saturated heterocycles. The van der Waals surface area contributed by atoms with Crippen molar-refractivity contribution in [3.8, 4) is 0 Å². The van der Waals surface area contributed by atoms with E-state index >= 15 is 0 Å². The van der Waals surface area contributed by atoms with E-state index in [0.29, 0.717) is 17.9 Å². The van der Waals surface area contributed by atoms with Crippen LogP contribution in [0, 0.1) is 5.82 Å². The maximum Gasteiger partial charge on any atom is 0.187 e. The highest BCUT2D eigenvalue weighted by molar-refractivity contribution is 5.43. The first-order valence-corrected chi connectivity index (χ1v) is 6.92. The Hall–Kier alpha value is -2.05. The van der Waals surface area contributed by atoms with Gasteiger partial charge < -0.3 is 4.90 Å². The number of aryl methyl sites for hydroxylation is 1. The number of hydrogen-bond acceptors (Lipinski definition) is 5. The van der Waals surface area contributed by atoms with E-state index in [1.165, 1.54) is 12.7 Å². The Morgan fingerprint density at radius 1 is 1.30 bits per heavy atom. The molecule has 6 nitrogen and oxygen atoms in total. The molecule has 0 radical (unpaired) electrons. The largest absolute Gasteiger partial charge is 0.344 e. The van der Waals surface area contributed by atoms with Gasteiger partial charge in [-0.1, -0.05) is 6.92 Å². The van der Waals surface area contributed by atoms with Gasteiger partial charge in [0.25, 0.3) is 0 Å². The van der Waals surface area contributed by atoms with Gasteiger partial charge in [0.1, 0.15) is 18.5 Å². The summed E-state index contributed by atoms with van der Waals surface area (Å²) in [6.07, 6.45) is 6.51. The molecule has 1 atom stereocenters. The first kappa shape index (κ1) is 13.0. The molecule has 106 valence electrons. The molecule has 2 aromatic rings. The Balaban J connectivity index is 1.98. The first-order chi connectivity index (χ1) is 9.81. The number of piperidine rings is 1. The van der Waals surface area contributed by atoms with E-state index in [2.05, 4.69) is 25.1 Å². The second-order valence-electron chi connectivity index (χ2n) is 4.89. The van der Waals surface area contributed by atoms with Gasteiger partial charge in [0.15, 0.2) is 11.6 Å². The van der Waals surface area contributed by atoms with E-state index in [0.717, 1.165) is 31.6 Å². The molecule has 0 aromatic carbocycles. The predicted octanol–water partition coefficient (Wildman–Crippen LogP) is 2.03. The molecular formula is C13H17FN6. The minimum Gasteiger partial charge on any atom is -0.344 e. The predicted molar refractivity (Wildman–Crippen MR) is 71.7 cm³/mol. The van der Waals surface area contributed by atoms with Crippen molar-refractivity contribution in [3.05, 3.63) is 30.0 Å². The number of aromatic amines is 1. The molecule has 20 heavy (non-hydrogen) atoms. The molecular weight excluding hydrogens is 259 g/mol. The highest BCUT2D eigenvalue weighted by Crippen LogP contribution is 2.33. The molecule has 0 amide bonds. The molecule has 0 spiro atoms. The summed E-state index contributed by atoms with van der Waals surface area (Å²) in [5.74, 6) is 0.820. The molecule has 1 aliphatic heterocycles. The zero-order valence-corrected chi connectivity index (χ0v) is 11.4. The van der Waals surface area contributed by atoms with E-state index in [1.807, 2.05) is 11.8 Å². The van der Waals surface area contributed by atoms with E-state index in [4.69, 9.17) is 0 Å². The zero-order valence-electron chi connectivity index (χ0n) is 11.4. The molecule has 1 unspecified atom stereocenters. The number of halogens is 1. The van der Waals surface area contributed by atoms with E-state index in [9.17, 15) is 4.39 Å². The highest BCUT2D eigenvalue weighted by atomic mass is 19.1. The lowest BCUT2D eigenvalue weighted by Gasteiger charge is -2.35. The van der Waals surface area contributed by atoms with E-state index in [-0.39, 0.29) is 11.9 Å². The van der Waals surface area contributed by atoms with Crippen molar-refractivity contribution in [2.45, 2.75) is 38.6 Å². The van der Waals surface area contributed by atoms with Crippen molar-refractivity contribution in [1.29, 1.82) is 0 Å². The lowest BCUT2D eigenvalue weighted by atomic mass is 10.0. The van der Waals surface area contributed by atoms with Gasteiger partial charge in [0.2, 0.25) is 0 Å². The summed E-state index contributed by atoms with van der Waals surface area (Å²) in [6, 6.07) is 0.000330. The summed E-state index contributed by atoms with van der Waals surface area (Å²) < 4.78 is 14.5. The first-order valence-electron chi connectivity index (χ1n) is 6.92. The molecule has 2 aromatic heterocycles. The van der Waals surface area contributed by atoms with Crippen molar-refractivity contribution in [2.24, 2.45) is 0 Å². The Morgan fingerprint density at radius 3 is 2.95 bits per heavy atom. The van der Waals surface area contributed by atoms with Crippen LogP contribution in [0.1, 0.15) is 43.7 Å². The molecule has 0 saturated carbocycles. The van der Waals surface area contributed by atoms with Crippen LogP contribution in [-0.2, 0) is 6.42 Å². The standard InChI is InChI=1S/C13H17FN6/c1-2-9-11(14)13(17-7-15-9)20-6-4-3-5-10(20)12-16-8-18-19-12/h7-8,10H,2-6H2,1H3,(H,16,18,19). The number of nitrogens with one attached hydrogen (secondary N) is 1. The van der Waals surface area contributed by atoms with E-state index < -0.39 is 0 Å². The highest BCUT2D eigenvalue weighted by Gasteiger charge is 2.29. The van der Waals surface area contributed by atoms with Gasteiger partial charge in [0.05, 0.1) is 11.7 Å². The fourth-order valence-electron chi connectivity index (χ4n) is 2.69. The quantitative estimate of drug-likeness (QED) is 0.928. The zero-order chi connectivity index (χ0) is 13.9. The van der Waals surface area contributed by atoms with Gasteiger partial charge in [-0.05, 0) is 25.7 Å². The van der Waals surface area contributed by atoms with Gasteiger partial charge in [-0.3, -0.25) is 5.10 Å². The third-order valence-corrected chi connectivity index (χ3v) is 3.70. The van der Waals surface area contributed by atoms with Gasteiger partial charge in [-0.15, -0.1) is 0 Å². The fraction of sp³-hybridized carbons (Fsp3) is 0.538. The van der Waals surface area contributed by atoms with Crippen LogP contribution in [0.4, 0.5) is 10.2 Å². The third kappa shape index (κ3) is 2.23. The topological polar surface area (TPSA) is 70.6 Å². The summed E-state index contributed by atoms with van der Waals surface area (Å²) >= 11 is 0. The maximum absolute atomic E-state index is 14.5. The average molecular weight is 276 g/mol. The lowest BCUT2D eigenvalue weighted by Crippen LogP contribution is -2.35. The van der Waals surface area contributed by atoms with Crippen molar-refractivity contribution in [1.82, 2.24) is 25.1 Å². The molecule has 1 fully saturated rings. The Kier molecular flexibility index (Phi) is 3.58. The summed E-state index contributed by atoms with van der Waals surface area (Å²) in [6.45, 7) is 2.65. The molecule has 0 bridgehead atoms. The molecule has 3 heterocycles. The van der Waals surface area contributed by atoms with Gasteiger partial charge in [-0.2, -0.15) is 5.10 Å². The fourth-order valence-corrected chi connectivity index (χ4v) is 2.69. The second-order valence-corrected chi connectivity index (χ2v) is 4.89. The summed E-state index contributed by atoms with van der Waals surface area (Å²) in [7, 11) is 0. The molecule has 1 N–H and O–H groups in total. The van der Waals surface area contributed by atoms with Crippen LogP contribution in [0.2, 0.25) is 0 Å². The van der Waals surface area contributed by atoms with Gasteiger partial charge in [0, 0.05) is 6.54 Å². The van der Waals surface area contributed by atoms with Crippen molar-refractivity contribution in [2.75, 3.05) is 11.4 Å². The Labute approximate surface area is 116 Å². The lowest BCUT2D eigenvalue weighted by molar-refractivity contribution is 0.443. The van der Waals surface area contributed by atoms with Crippen LogP contribution in [0.25, 0.3) is 0 Å². The van der Waals surface area contributed by atoms with Crippen molar-refractivity contribution < 1.29 is 4.39 Å². The molecule has 0 aliphatic carbocycles. The van der Waals surface area contributed by atoms with E-state index in [1.54, 1.807) is 0 Å². The van der Waals surface area contributed by atoms with Crippen LogP contribution in [-0.4, -0.2) is 31.7 Å². The van der Waals surface area contributed by atoms with Crippen LogP contribution < -0.4 is 4.90 Å². The number of H-pyrrole nitrogens is 1. The summed E-state index contributed by atoms with van der Waals surface area (Å²) in [4.78, 5) is 14.3. The maximum atomic E-state index is 14.5. The summed E-state index contributed by atoms with van der Waals surface area (Å²) in [5, 5.41) is 6.78. The minimum absolute atomic E-state index is 0.000330. The normalized spacial score (nSPS) is 19.3. The second kappa shape index (κ2) is 5.52. The average Bonchev–Trinajstić information content (AvgIpc) is 3.02. The third-order valence-electron chi connectivity index (χ3n) is 3.70. The Morgan fingerprint density at radius 2 is 2.20 bits per heavy atom. The number of aromatic nitrogens is 5. The number of rotatable bonds is 3. The monoisotopic (exact) mass is 276 g/mol. The van der Waals surface area contributed by atoms with Crippen LogP contribution in [0.3, 0.4) is 0 Å². The molecule has 7 heteroatoms. The van der Waals surface area contributed by atoms with Crippen LogP contribution in [0.5, 0.6) is 0 Å². The number of nitrogens with zero attached hydrogens (tertiary/aromatic N) is 5. The van der Waals surface area contributed by atoms with Crippen LogP contribution >= 0.6 is 0 Å². The van der Waals surface area contributed by atoms with Gasteiger partial charge >= 0.3 is 0 Å². The number of anilines is 1. The molecule has 1 aliphatic rings. The molecule has 3 rings (SSSR count). The smallest absolute Gasteiger partial charge is 0.187 e. The minimum atomic E-state index is -0.318. The Bertz CT molecular complexity index is 570. The SMILES string of the molecule is CCc1ncnc(N2CCCCC2c2ncn[nH]2)c1F. The van der Waals surface area contributed by atoms with Gasteiger partial charge in [-0.25, -0.2) is 19.3 Å². The van der Waals surface area contributed by atoms with Crippen LogP contribution in [0.15, 0.2) is 12.7 Å². The summed E-state index contributed by atoms with van der Waals surface area (Å²) in [5.41, 5.74) is 0.455. The van der Waals surface area contributed by atoms with Crippen molar-refractivity contribution >= 4 is 5.82 Å².